The monoisotopic (exact) mass is 367 g/mol. The molecule has 0 saturated carbocycles. The number of hydrogen-bond acceptors (Lipinski definition) is 6. The second-order valence-corrected chi connectivity index (χ2v) is 6.52. The highest BCUT2D eigenvalue weighted by Crippen LogP contribution is 2.27. The van der Waals surface area contributed by atoms with E-state index in [0.29, 0.717) is 15.5 Å². The molecular weight excluding hydrogens is 354 g/mol. The molecule has 1 atom stereocenters. The number of pyridine rings is 1. The molecule has 110 valence electrons. The average Bonchev–Trinajstić information content (AvgIpc) is 3.08. The van der Waals surface area contributed by atoms with E-state index in [1.165, 1.54) is 11.3 Å². The fourth-order valence-corrected chi connectivity index (χ4v) is 3.40. The van der Waals surface area contributed by atoms with Crippen LogP contribution < -0.4 is 9.64 Å². The van der Waals surface area contributed by atoms with E-state index in [1.54, 1.807) is 0 Å². The summed E-state index contributed by atoms with van der Waals surface area (Å²) < 4.78 is 6.56. The highest BCUT2D eigenvalue weighted by atomic mass is 79.9. The van der Waals surface area contributed by atoms with Crippen molar-refractivity contribution in [2.24, 2.45) is 0 Å². The predicted molar refractivity (Wildman–Crippen MR) is 85.4 cm³/mol. The molecule has 0 N–H and O–H groups in total. The number of rotatable bonds is 4. The van der Waals surface area contributed by atoms with Gasteiger partial charge in [0.1, 0.15) is 16.4 Å². The molecule has 3 rings (SSSR count). The van der Waals surface area contributed by atoms with Crippen LogP contribution in [0.5, 0.6) is 5.19 Å². The predicted octanol–water partition coefficient (Wildman–Crippen LogP) is 3.08. The molecule has 2 aromatic rings. The Balaban J connectivity index is 1.70. The smallest absolute Gasteiger partial charge is 0.273 e. The number of nitrogens with zero attached hydrogens (tertiary/aromatic N) is 3. The number of carbonyl (C=O) groups excluding carboxylic acids is 1. The minimum atomic E-state index is 0.0960. The van der Waals surface area contributed by atoms with E-state index in [1.807, 2.05) is 24.4 Å². The SMILES string of the molecule is Cc1csc(O[C@H]2CCN(c3ccc(Br)nc3C=O)C2)n1. The number of aldehydes is 1. The Morgan fingerprint density at radius 2 is 2.33 bits per heavy atom. The first-order valence-corrected chi connectivity index (χ1v) is 8.28. The minimum absolute atomic E-state index is 0.0960. The third-order valence-corrected chi connectivity index (χ3v) is 4.62. The van der Waals surface area contributed by atoms with Crippen LogP contribution in [0.25, 0.3) is 0 Å². The van der Waals surface area contributed by atoms with Crippen molar-refractivity contribution in [3.8, 4) is 5.19 Å². The summed E-state index contributed by atoms with van der Waals surface area (Å²) in [6.45, 7) is 3.54. The molecule has 0 unspecified atom stereocenters. The van der Waals surface area contributed by atoms with Crippen molar-refractivity contribution < 1.29 is 9.53 Å². The Kier molecular flexibility index (Phi) is 4.21. The number of hydrogen-bond donors (Lipinski definition) is 0. The first-order chi connectivity index (χ1) is 10.2. The van der Waals surface area contributed by atoms with E-state index < -0.39 is 0 Å². The van der Waals surface area contributed by atoms with Gasteiger partial charge in [0, 0.05) is 18.3 Å². The maximum absolute atomic E-state index is 11.2. The van der Waals surface area contributed by atoms with Crippen molar-refractivity contribution in [3.05, 3.63) is 33.5 Å². The summed E-state index contributed by atoms with van der Waals surface area (Å²) in [4.78, 5) is 21.8. The van der Waals surface area contributed by atoms with Gasteiger partial charge in [-0.15, -0.1) is 0 Å². The van der Waals surface area contributed by atoms with Gasteiger partial charge < -0.3 is 9.64 Å². The number of halogens is 1. The van der Waals surface area contributed by atoms with E-state index in [9.17, 15) is 4.79 Å². The van der Waals surface area contributed by atoms with Gasteiger partial charge in [-0.3, -0.25) is 4.79 Å². The van der Waals surface area contributed by atoms with Crippen molar-refractivity contribution in [3.63, 3.8) is 0 Å². The molecule has 1 aliphatic rings. The molecule has 1 aliphatic heterocycles. The number of aryl methyl sites for hydroxylation is 1. The van der Waals surface area contributed by atoms with E-state index in [4.69, 9.17) is 4.74 Å². The number of aromatic nitrogens is 2. The van der Waals surface area contributed by atoms with Crippen molar-refractivity contribution in [1.82, 2.24) is 9.97 Å². The molecule has 0 aromatic carbocycles. The van der Waals surface area contributed by atoms with Crippen LogP contribution in [0.2, 0.25) is 0 Å². The lowest BCUT2D eigenvalue weighted by molar-refractivity contribution is 0.111. The van der Waals surface area contributed by atoms with Gasteiger partial charge >= 0.3 is 0 Å². The second kappa shape index (κ2) is 6.11. The number of anilines is 1. The van der Waals surface area contributed by atoms with Gasteiger partial charge in [-0.05, 0) is 35.0 Å². The molecular formula is C14H14BrN3O2S. The lowest BCUT2D eigenvalue weighted by Crippen LogP contribution is -2.25. The summed E-state index contributed by atoms with van der Waals surface area (Å²) in [5.74, 6) is 0. The molecule has 2 aromatic heterocycles. The van der Waals surface area contributed by atoms with Crippen LogP contribution in [0.3, 0.4) is 0 Å². The molecule has 0 spiro atoms. The van der Waals surface area contributed by atoms with Gasteiger partial charge in [0.05, 0.1) is 17.9 Å². The molecule has 1 fully saturated rings. The Morgan fingerprint density at radius 1 is 1.48 bits per heavy atom. The van der Waals surface area contributed by atoms with Crippen LogP contribution in [0.15, 0.2) is 22.1 Å². The van der Waals surface area contributed by atoms with E-state index >= 15 is 0 Å². The van der Waals surface area contributed by atoms with Gasteiger partial charge in [-0.2, -0.15) is 0 Å². The summed E-state index contributed by atoms with van der Waals surface area (Å²) >= 11 is 4.80. The first-order valence-electron chi connectivity index (χ1n) is 6.61. The van der Waals surface area contributed by atoms with E-state index in [2.05, 4.69) is 30.8 Å². The quantitative estimate of drug-likeness (QED) is 0.613. The molecule has 0 bridgehead atoms. The zero-order valence-electron chi connectivity index (χ0n) is 11.5. The van der Waals surface area contributed by atoms with Crippen LogP contribution in [-0.2, 0) is 0 Å². The van der Waals surface area contributed by atoms with Gasteiger partial charge in [-0.25, -0.2) is 9.97 Å². The molecule has 21 heavy (non-hydrogen) atoms. The Bertz CT molecular complexity index is 661. The van der Waals surface area contributed by atoms with Gasteiger partial charge in [0.2, 0.25) is 0 Å². The lowest BCUT2D eigenvalue weighted by Gasteiger charge is -2.19. The van der Waals surface area contributed by atoms with Crippen LogP contribution >= 0.6 is 27.3 Å². The Hall–Kier alpha value is -1.47. The third-order valence-electron chi connectivity index (χ3n) is 3.33. The van der Waals surface area contributed by atoms with Gasteiger partial charge in [0.25, 0.3) is 5.19 Å². The normalized spacial score (nSPS) is 18.0. The number of thiazole rings is 1. The van der Waals surface area contributed by atoms with Crippen molar-refractivity contribution in [2.75, 3.05) is 18.0 Å². The van der Waals surface area contributed by atoms with Crippen molar-refractivity contribution in [2.45, 2.75) is 19.4 Å². The van der Waals surface area contributed by atoms with E-state index in [-0.39, 0.29) is 6.10 Å². The number of ether oxygens (including phenoxy) is 1. The van der Waals surface area contributed by atoms with Gasteiger partial charge in [-0.1, -0.05) is 11.3 Å². The second-order valence-electron chi connectivity index (χ2n) is 4.89. The summed E-state index contributed by atoms with van der Waals surface area (Å²) in [6, 6.07) is 3.76. The highest BCUT2D eigenvalue weighted by molar-refractivity contribution is 9.10. The first kappa shape index (κ1) is 14.5. The standard InChI is InChI=1S/C14H14BrN3O2S/c1-9-8-21-14(16-9)20-10-4-5-18(6-10)12-2-3-13(15)17-11(12)7-19/h2-3,7-8,10H,4-6H2,1H3/t10-/m0/s1. The number of carbonyl (C=O) groups is 1. The molecule has 3 heterocycles. The third kappa shape index (κ3) is 3.24. The lowest BCUT2D eigenvalue weighted by atomic mass is 10.3. The largest absolute Gasteiger partial charge is 0.465 e. The maximum atomic E-state index is 11.2. The zero-order chi connectivity index (χ0) is 14.8. The van der Waals surface area contributed by atoms with Crippen molar-refractivity contribution in [1.29, 1.82) is 0 Å². The summed E-state index contributed by atoms with van der Waals surface area (Å²) in [5, 5.41) is 2.69. The fraction of sp³-hybridized carbons (Fsp3) is 0.357. The van der Waals surface area contributed by atoms with Gasteiger partial charge in [0.15, 0.2) is 6.29 Å². The maximum Gasteiger partial charge on any atom is 0.273 e. The fourth-order valence-electron chi connectivity index (χ4n) is 2.37. The van der Waals surface area contributed by atoms with Crippen LogP contribution in [0, 0.1) is 6.92 Å². The summed E-state index contributed by atoms with van der Waals surface area (Å²) in [7, 11) is 0. The summed E-state index contributed by atoms with van der Waals surface area (Å²) in [6.07, 6.45) is 1.80. The zero-order valence-corrected chi connectivity index (χ0v) is 13.9. The van der Waals surface area contributed by atoms with E-state index in [0.717, 1.165) is 37.2 Å². The molecule has 1 saturated heterocycles. The van der Waals surface area contributed by atoms with Crippen LogP contribution in [-0.4, -0.2) is 35.4 Å². The highest BCUT2D eigenvalue weighted by Gasteiger charge is 2.26. The van der Waals surface area contributed by atoms with Crippen LogP contribution in [0.1, 0.15) is 22.6 Å². The molecule has 0 radical (unpaired) electrons. The van der Waals surface area contributed by atoms with Crippen LogP contribution in [0.4, 0.5) is 5.69 Å². The topological polar surface area (TPSA) is 55.3 Å². The molecule has 0 amide bonds. The summed E-state index contributed by atoms with van der Waals surface area (Å²) in [5.41, 5.74) is 2.29. The average molecular weight is 368 g/mol. The molecule has 7 heteroatoms. The molecule has 5 nitrogen and oxygen atoms in total. The Labute approximate surface area is 135 Å². The minimum Gasteiger partial charge on any atom is -0.465 e. The molecule has 0 aliphatic carbocycles. The van der Waals surface area contributed by atoms with Crippen molar-refractivity contribution >= 4 is 39.2 Å². The Morgan fingerprint density at radius 3 is 3.05 bits per heavy atom.